The lowest BCUT2D eigenvalue weighted by atomic mass is 9.98. The van der Waals surface area contributed by atoms with E-state index in [1.54, 1.807) is 6.34 Å². The second-order valence-corrected chi connectivity index (χ2v) is 8.56. The Morgan fingerprint density at radius 2 is 1.75 bits per heavy atom. The number of anilines is 1. The fourth-order valence-corrected chi connectivity index (χ4v) is 3.51. The van der Waals surface area contributed by atoms with Crippen molar-refractivity contribution in [2.75, 3.05) is 39.5 Å². The zero-order chi connectivity index (χ0) is 23.1. The minimum atomic E-state index is -0.153. The average molecular weight is 447 g/mol. The van der Waals surface area contributed by atoms with Crippen molar-refractivity contribution in [3.05, 3.63) is 77.9 Å². The highest BCUT2D eigenvalue weighted by molar-refractivity contribution is 7.80. The Balaban J connectivity index is 1.66. The topological polar surface area (TPSA) is 47.9 Å². The molecule has 6 heteroatoms. The van der Waals surface area contributed by atoms with Crippen molar-refractivity contribution in [1.29, 1.82) is 0 Å². The molecule has 0 bridgehead atoms. The SMILES string of the molecule is Cc1cc(C(=O)Nc2ccc(N=CN(C)CCN(C)C)c(S)c2)ccc1-c1ccccc1. The molecule has 0 atom stereocenters. The highest BCUT2D eigenvalue weighted by Gasteiger charge is 2.10. The predicted octanol–water partition coefficient (Wildman–Crippen LogP) is 5.36. The number of hydrogen-bond donors (Lipinski definition) is 2. The smallest absolute Gasteiger partial charge is 0.255 e. The third-order valence-electron chi connectivity index (χ3n) is 5.10. The molecule has 0 fully saturated rings. The van der Waals surface area contributed by atoms with Crippen molar-refractivity contribution < 1.29 is 4.79 Å². The predicted molar refractivity (Wildman–Crippen MR) is 138 cm³/mol. The van der Waals surface area contributed by atoms with Gasteiger partial charge in [0, 0.05) is 36.3 Å². The summed E-state index contributed by atoms with van der Waals surface area (Å²) in [7, 11) is 6.08. The van der Waals surface area contributed by atoms with Crippen molar-refractivity contribution in [2.24, 2.45) is 4.99 Å². The molecule has 3 aromatic carbocycles. The van der Waals surface area contributed by atoms with Crippen LogP contribution in [0.3, 0.4) is 0 Å². The summed E-state index contributed by atoms with van der Waals surface area (Å²) < 4.78 is 0. The lowest BCUT2D eigenvalue weighted by Crippen LogP contribution is -2.27. The minimum absolute atomic E-state index is 0.153. The monoisotopic (exact) mass is 446 g/mol. The number of thiol groups is 1. The van der Waals surface area contributed by atoms with E-state index in [-0.39, 0.29) is 5.91 Å². The second-order valence-electron chi connectivity index (χ2n) is 8.08. The molecule has 0 aliphatic carbocycles. The van der Waals surface area contributed by atoms with E-state index < -0.39 is 0 Å². The van der Waals surface area contributed by atoms with Crippen LogP contribution in [0.5, 0.6) is 0 Å². The van der Waals surface area contributed by atoms with E-state index in [0.717, 1.165) is 35.5 Å². The molecule has 1 N–H and O–H groups in total. The third-order valence-corrected chi connectivity index (χ3v) is 5.46. The number of hydrogen-bond acceptors (Lipinski definition) is 4. The first-order valence-electron chi connectivity index (χ1n) is 10.5. The standard InChI is InChI=1S/C26H30N4OS/c1-19-16-21(10-12-23(19)20-8-6-5-7-9-20)26(31)28-22-11-13-24(25(32)17-22)27-18-30(4)15-14-29(2)3/h5-13,16-18,32H,14-15H2,1-4H3,(H,28,31). The van der Waals surface area contributed by atoms with Gasteiger partial charge in [-0.15, -0.1) is 12.6 Å². The lowest BCUT2D eigenvalue weighted by molar-refractivity contribution is 0.102. The molecular formula is C26H30N4OS. The zero-order valence-corrected chi connectivity index (χ0v) is 19.9. The molecule has 0 radical (unpaired) electrons. The van der Waals surface area contributed by atoms with Gasteiger partial charge in [-0.05, 0) is 68.0 Å². The number of carbonyl (C=O) groups excluding carboxylic acids is 1. The molecule has 5 nitrogen and oxygen atoms in total. The van der Waals surface area contributed by atoms with E-state index in [1.165, 1.54) is 0 Å². The molecule has 0 aliphatic rings. The van der Waals surface area contributed by atoms with E-state index in [2.05, 4.69) is 40.0 Å². The van der Waals surface area contributed by atoms with Crippen molar-refractivity contribution >= 4 is 36.2 Å². The van der Waals surface area contributed by atoms with Crippen LogP contribution in [0.25, 0.3) is 11.1 Å². The van der Waals surface area contributed by atoms with E-state index in [9.17, 15) is 4.79 Å². The van der Waals surface area contributed by atoms with Crippen LogP contribution in [0.2, 0.25) is 0 Å². The molecule has 32 heavy (non-hydrogen) atoms. The quantitative estimate of drug-likeness (QED) is 0.278. The summed E-state index contributed by atoms with van der Waals surface area (Å²) in [4.78, 5) is 22.1. The Labute approximate surface area is 196 Å². The Morgan fingerprint density at radius 3 is 2.41 bits per heavy atom. The van der Waals surface area contributed by atoms with Gasteiger partial charge in [0.05, 0.1) is 12.0 Å². The molecule has 0 aromatic heterocycles. The molecule has 0 aliphatic heterocycles. The number of benzene rings is 3. The average Bonchev–Trinajstić information content (AvgIpc) is 2.77. The number of aryl methyl sites for hydroxylation is 1. The lowest BCUT2D eigenvalue weighted by Gasteiger charge is -2.16. The van der Waals surface area contributed by atoms with Crippen LogP contribution in [-0.2, 0) is 0 Å². The van der Waals surface area contributed by atoms with Gasteiger partial charge in [0.2, 0.25) is 0 Å². The Bertz CT molecular complexity index is 1100. The van der Waals surface area contributed by atoms with Crippen LogP contribution in [0.1, 0.15) is 15.9 Å². The number of carbonyl (C=O) groups is 1. The Hall–Kier alpha value is -3.09. The van der Waals surface area contributed by atoms with Gasteiger partial charge in [-0.3, -0.25) is 4.79 Å². The van der Waals surface area contributed by atoms with E-state index >= 15 is 0 Å². The van der Waals surface area contributed by atoms with Crippen molar-refractivity contribution in [1.82, 2.24) is 9.80 Å². The number of rotatable bonds is 8. The first kappa shape index (κ1) is 23.6. The van der Waals surface area contributed by atoms with Crippen LogP contribution in [0.4, 0.5) is 11.4 Å². The number of aliphatic imine (C=N–C) groups is 1. The van der Waals surface area contributed by atoms with Gasteiger partial charge in [0.1, 0.15) is 0 Å². The van der Waals surface area contributed by atoms with Gasteiger partial charge in [0.15, 0.2) is 0 Å². The molecule has 0 unspecified atom stereocenters. The highest BCUT2D eigenvalue weighted by Crippen LogP contribution is 2.27. The molecule has 3 aromatic rings. The van der Waals surface area contributed by atoms with Crippen LogP contribution < -0.4 is 5.32 Å². The van der Waals surface area contributed by atoms with Gasteiger partial charge in [-0.1, -0.05) is 36.4 Å². The van der Waals surface area contributed by atoms with Crippen LogP contribution in [0.15, 0.2) is 76.6 Å². The van der Waals surface area contributed by atoms with Crippen LogP contribution in [-0.4, -0.2) is 56.3 Å². The first-order valence-corrected chi connectivity index (χ1v) is 11.0. The highest BCUT2D eigenvalue weighted by atomic mass is 32.1. The maximum absolute atomic E-state index is 12.8. The molecule has 0 saturated carbocycles. The van der Waals surface area contributed by atoms with Gasteiger partial charge in [-0.25, -0.2) is 4.99 Å². The minimum Gasteiger partial charge on any atom is -0.364 e. The summed E-state index contributed by atoms with van der Waals surface area (Å²) in [5.74, 6) is -0.153. The molecular weight excluding hydrogens is 416 g/mol. The van der Waals surface area contributed by atoms with Gasteiger partial charge >= 0.3 is 0 Å². The van der Waals surface area contributed by atoms with Crippen LogP contribution in [0, 0.1) is 6.92 Å². The summed E-state index contributed by atoms with van der Waals surface area (Å²) in [6, 6.07) is 21.5. The fraction of sp³-hybridized carbons (Fsp3) is 0.231. The normalized spacial score (nSPS) is 11.2. The van der Waals surface area contributed by atoms with E-state index in [4.69, 9.17) is 0 Å². The summed E-state index contributed by atoms with van der Waals surface area (Å²) >= 11 is 4.54. The maximum Gasteiger partial charge on any atom is 0.255 e. The third kappa shape index (κ3) is 6.45. The number of nitrogens with one attached hydrogen (secondary N) is 1. The molecule has 1 amide bonds. The van der Waals surface area contributed by atoms with Gasteiger partial charge in [0.25, 0.3) is 5.91 Å². The van der Waals surface area contributed by atoms with Crippen molar-refractivity contribution in [2.45, 2.75) is 11.8 Å². The Morgan fingerprint density at radius 1 is 1.00 bits per heavy atom. The summed E-state index contributed by atoms with van der Waals surface area (Å²) in [5, 5.41) is 2.95. The van der Waals surface area contributed by atoms with Crippen LogP contribution >= 0.6 is 12.6 Å². The summed E-state index contributed by atoms with van der Waals surface area (Å²) in [6.07, 6.45) is 1.80. The summed E-state index contributed by atoms with van der Waals surface area (Å²) in [6.45, 7) is 3.86. The molecule has 0 heterocycles. The molecule has 0 saturated heterocycles. The van der Waals surface area contributed by atoms with Gasteiger partial charge in [-0.2, -0.15) is 0 Å². The van der Waals surface area contributed by atoms with Crippen molar-refractivity contribution in [3.63, 3.8) is 0 Å². The first-order chi connectivity index (χ1) is 15.3. The molecule has 3 rings (SSSR count). The fourth-order valence-electron chi connectivity index (χ4n) is 3.24. The number of amides is 1. The zero-order valence-electron chi connectivity index (χ0n) is 19.0. The van der Waals surface area contributed by atoms with E-state index in [1.807, 2.05) is 87.6 Å². The largest absolute Gasteiger partial charge is 0.364 e. The second kappa shape index (κ2) is 11.0. The maximum atomic E-state index is 12.8. The summed E-state index contributed by atoms with van der Waals surface area (Å²) in [5.41, 5.74) is 5.38. The van der Waals surface area contributed by atoms with Crippen molar-refractivity contribution in [3.8, 4) is 11.1 Å². The van der Waals surface area contributed by atoms with Gasteiger partial charge < -0.3 is 15.1 Å². The molecule has 0 spiro atoms. The number of likely N-dealkylation sites (N-methyl/N-ethyl adjacent to an activating group) is 2. The molecule has 166 valence electrons. The Kier molecular flexibility index (Phi) is 8.09. The number of nitrogens with zero attached hydrogens (tertiary/aromatic N) is 3. The van der Waals surface area contributed by atoms with E-state index in [0.29, 0.717) is 16.1 Å².